The second-order valence-corrected chi connectivity index (χ2v) is 6.28. The smallest absolute Gasteiger partial charge is 0.226 e. The number of H-pyrrole nitrogens is 1. The minimum absolute atomic E-state index is 0.658. The summed E-state index contributed by atoms with van der Waals surface area (Å²) in [5.74, 6) is 4.27. The van der Waals surface area contributed by atoms with Crippen molar-refractivity contribution in [1.82, 2.24) is 20.2 Å². The van der Waals surface area contributed by atoms with Crippen LogP contribution in [0.4, 0.5) is 11.8 Å². The molecule has 0 radical (unpaired) electrons. The Kier molecular flexibility index (Phi) is 3.16. The zero-order valence-electron chi connectivity index (χ0n) is 12.4. The zero-order chi connectivity index (χ0) is 14.2. The Labute approximate surface area is 124 Å². The normalized spacial score (nSPS) is 18.4. The lowest BCUT2D eigenvalue weighted by atomic mass is 9.98. The van der Waals surface area contributed by atoms with Crippen LogP contribution in [0.25, 0.3) is 11.0 Å². The second-order valence-electron chi connectivity index (χ2n) is 6.28. The molecule has 4 rings (SSSR count). The van der Waals surface area contributed by atoms with Crippen LogP contribution in [0.1, 0.15) is 32.6 Å². The lowest BCUT2D eigenvalue weighted by molar-refractivity contribution is 0.428. The Morgan fingerprint density at radius 2 is 1.95 bits per heavy atom. The highest BCUT2D eigenvalue weighted by atomic mass is 15.2. The summed E-state index contributed by atoms with van der Waals surface area (Å²) in [5, 5.41) is 14.7. The van der Waals surface area contributed by atoms with E-state index in [9.17, 15) is 0 Å². The van der Waals surface area contributed by atoms with Crippen LogP contribution in [-0.2, 0) is 0 Å². The molecular weight excluding hydrogens is 264 g/mol. The molecule has 6 heteroatoms. The van der Waals surface area contributed by atoms with Crippen molar-refractivity contribution in [3.63, 3.8) is 0 Å². The van der Waals surface area contributed by atoms with E-state index in [1.807, 2.05) is 6.92 Å². The Hall–Kier alpha value is -1.85. The van der Waals surface area contributed by atoms with Crippen molar-refractivity contribution < 1.29 is 0 Å². The fourth-order valence-electron chi connectivity index (χ4n) is 3.19. The lowest BCUT2D eigenvalue weighted by Crippen LogP contribution is -2.19. The predicted molar refractivity (Wildman–Crippen MR) is 83.3 cm³/mol. The SMILES string of the molecule is CCNc1nc(NCC(C2CC2)C2CC2)c2cn[nH]c2n1. The van der Waals surface area contributed by atoms with Crippen LogP contribution in [0.15, 0.2) is 6.20 Å². The van der Waals surface area contributed by atoms with E-state index in [0.29, 0.717) is 5.95 Å². The van der Waals surface area contributed by atoms with E-state index in [1.165, 1.54) is 25.7 Å². The summed E-state index contributed by atoms with van der Waals surface area (Å²) < 4.78 is 0. The van der Waals surface area contributed by atoms with Crippen LogP contribution in [0, 0.1) is 17.8 Å². The maximum Gasteiger partial charge on any atom is 0.226 e. The average molecular weight is 286 g/mol. The third-order valence-electron chi connectivity index (χ3n) is 4.60. The number of rotatable bonds is 7. The van der Waals surface area contributed by atoms with Gasteiger partial charge in [0.25, 0.3) is 0 Å². The topological polar surface area (TPSA) is 78.5 Å². The molecular formula is C15H22N6. The molecule has 0 amide bonds. The van der Waals surface area contributed by atoms with Crippen LogP contribution in [0.5, 0.6) is 0 Å². The monoisotopic (exact) mass is 286 g/mol. The van der Waals surface area contributed by atoms with Gasteiger partial charge in [-0.05, 0) is 50.4 Å². The van der Waals surface area contributed by atoms with E-state index >= 15 is 0 Å². The van der Waals surface area contributed by atoms with Gasteiger partial charge in [-0.1, -0.05) is 0 Å². The molecule has 0 atom stereocenters. The summed E-state index contributed by atoms with van der Waals surface area (Å²) in [6.07, 6.45) is 7.45. The number of hydrogen-bond donors (Lipinski definition) is 3. The first-order chi connectivity index (χ1) is 10.3. The molecule has 2 aromatic heterocycles. The van der Waals surface area contributed by atoms with Crippen molar-refractivity contribution in [2.24, 2.45) is 17.8 Å². The highest BCUT2D eigenvalue weighted by Gasteiger charge is 2.41. The molecule has 0 aromatic carbocycles. The molecule has 112 valence electrons. The number of nitrogens with one attached hydrogen (secondary N) is 3. The summed E-state index contributed by atoms with van der Waals surface area (Å²) >= 11 is 0. The molecule has 3 N–H and O–H groups in total. The van der Waals surface area contributed by atoms with Gasteiger partial charge in [-0.2, -0.15) is 15.1 Å². The van der Waals surface area contributed by atoms with Gasteiger partial charge in [0.2, 0.25) is 5.95 Å². The van der Waals surface area contributed by atoms with Gasteiger partial charge in [0.05, 0.1) is 11.6 Å². The first-order valence-electron chi connectivity index (χ1n) is 8.04. The van der Waals surface area contributed by atoms with Crippen molar-refractivity contribution in [3.8, 4) is 0 Å². The van der Waals surface area contributed by atoms with Crippen LogP contribution in [0.2, 0.25) is 0 Å². The van der Waals surface area contributed by atoms with Gasteiger partial charge in [0.1, 0.15) is 5.82 Å². The van der Waals surface area contributed by atoms with Crippen molar-refractivity contribution in [3.05, 3.63) is 6.20 Å². The molecule has 0 bridgehead atoms. The Balaban J connectivity index is 1.55. The number of anilines is 2. The van der Waals surface area contributed by atoms with Crippen LogP contribution in [0.3, 0.4) is 0 Å². The standard InChI is InChI=1S/C15H22N6/c1-2-16-15-19-13(12-8-18-21-14(12)20-15)17-7-11(9-3-4-9)10-5-6-10/h8-11H,2-7H2,1H3,(H3,16,17,18,19,20,21). The van der Waals surface area contributed by atoms with E-state index in [1.54, 1.807) is 6.20 Å². The summed E-state index contributed by atoms with van der Waals surface area (Å²) in [4.78, 5) is 9.03. The molecule has 2 aromatic rings. The van der Waals surface area contributed by atoms with Gasteiger partial charge in [0, 0.05) is 13.1 Å². The summed E-state index contributed by atoms with van der Waals surface area (Å²) in [5.41, 5.74) is 0.790. The van der Waals surface area contributed by atoms with Gasteiger partial charge in [-0.25, -0.2) is 0 Å². The lowest BCUT2D eigenvalue weighted by Gasteiger charge is -2.17. The van der Waals surface area contributed by atoms with Crippen molar-refractivity contribution >= 4 is 22.8 Å². The Morgan fingerprint density at radius 1 is 1.19 bits per heavy atom. The summed E-state index contributed by atoms with van der Waals surface area (Å²) in [6.45, 7) is 3.88. The number of hydrogen-bond acceptors (Lipinski definition) is 5. The second kappa shape index (κ2) is 5.16. The van der Waals surface area contributed by atoms with Gasteiger partial charge >= 0.3 is 0 Å². The highest BCUT2D eigenvalue weighted by Crippen LogP contribution is 2.49. The van der Waals surface area contributed by atoms with E-state index in [0.717, 1.165) is 47.7 Å². The molecule has 0 spiro atoms. The molecule has 2 fully saturated rings. The van der Waals surface area contributed by atoms with E-state index in [-0.39, 0.29) is 0 Å². The number of aromatic amines is 1. The largest absolute Gasteiger partial charge is 0.369 e. The molecule has 2 heterocycles. The molecule has 21 heavy (non-hydrogen) atoms. The molecule has 2 aliphatic rings. The number of aromatic nitrogens is 4. The Bertz CT molecular complexity index is 616. The van der Waals surface area contributed by atoms with Crippen LogP contribution >= 0.6 is 0 Å². The minimum Gasteiger partial charge on any atom is -0.369 e. The zero-order valence-corrected chi connectivity index (χ0v) is 12.4. The maximum atomic E-state index is 4.60. The fraction of sp³-hybridized carbons (Fsp3) is 0.667. The summed E-state index contributed by atoms with van der Waals surface area (Å²) in [7, 11) is 0. The predicted octanol–water partition coefficient (Wildman–Crippen LogP) is 2.63. The van der Waals surface area contributed by atoms with Gasteiger partial charge < -0.3 is 10.6 Å². The number of fused-ring (bicyclic) bond motifs is 1. The van der Waals surface area contributed by atoms with E-state index < -0.39 is 0 Å². The quantitative estimate of drug-likeness (QED) is 0.729. The molecule has 0 saturated heterocycles. The molecule has 2 aliphatic carbocycles. The third-order valence-corrected chi connectivity index (χ3v) is 4.60. The first kappa shape index (κ1) is 12.9. The van der Waals surface area contributed by atoms with Gasteiger partial charge in [-0.15, -0.1) is 0 Å². The highest BCUT2D eigenvalue weighted by molar-refractivity contribution is 5.86. The van der Waals surface area contributed by atoms with Crippen molar-refractivity contribution in [2.75, 3.05) is 23.7 Å². The maximum absolute atomic E-state index is 4.60. The van der Waals surface area contributed by atoms with E-state index in [2.05, 4.69) is 30.8 Å². The average Bonchev–Trinajstić information content (AvgIpc) is 3.39. The van der Waals surface area contributed by atoms with Gasteiger partial charge in [-0.3, -0.25) is 5.10 Å². The van der Waals surface area contributed by atoms with Crippen LogP contribution in [-0.4, -0.2) is 33.3 Å². The third kappa shape index (κ3) is 2.66. The van der Waals surface area contributed by atoms with Gasteiger partial charge in [0.15, 0.2) is 5.65 Å². The fourth-order valence-corrected chi connectivity index (χ4v) is 3.19. The minimum atomic E-state index is 0.658. The first-order valence-corrected chi connectivity index (χ1v) is 8.04. The van der Waals surface area contributed by atoms with Crippen molar-refractivity contribution in [2.45, 2.75) is 32.6 Å². The van der Waals surface area contributed by atoms with Crippen molar-refractivity contribution in [1.29, 1.82) is 0 Å². The Morgan fingerprint density at radius 3 is 2.62 bits per heavy atom. The summed E-state index contributed by atoms with van der Waals surface area (Å²) in [6, 6.07) is 0. The number of nitrogens with zero attached hydrogens (tertiary/aromatic N) is 3. The molecule has 6 nitrogen and oxygen atoms in total. The van der Waals surface area contributed by atoms with Crippen LogP contribution < -0.4 is 10.6 Å². The molecule has 0 aliphatic heterocycles. The molecule has 2 saturated carbocycles. The molecule has 0 unspecified atom stereocenters. The van der Waals surface area contributed by atoms with E-state index in [4.69, 9.17) is 0 Å².